The Morgan fingerprint density at radius 1 is 0.868 bits per heavy atom. The van der Waals surface area contributed by atoms with Crippen LogP contribution >= 0.6 is 0 Å². The lowest BCUT2D eigenvalue weighted by molar-refractivity contribution is -0.140. The van der Waals surface area contributed by atoms with Gasteiger partial charge in [-0.25, -0.2) is 4.79 Å². The number of benzene rings is 3. The molecule has 1 N–H and O–H groups in total. The zero-order valence-electron chi connectivity index (χ0n) is 21.9. The van der Waals surface area contributed by atoms with Gasteiger partial charge in [0.25, 0.3) is 0 Å². The summed E-state index contributed by atoms with van der Waals surface area (Å²) in [5.41, 5.74) is 6.08. The maximum atomic E-state index is 13.7. The molecule has 0 bridgehead atoms. The number of carbonyl (C=O) groups excluding carboxylic acids is 2. The number of dihydropyridines is 1. The van der Waals surface area contributed by atoms with Crippen molar-refractivity contribution < 1.29 is 19.1 Å². The molecule has 0 radical (unpaired) electrons. The van der Waals surface area contributed by atoms with Crippen LogP contribution in [0.4, 0.5) is 0 Å². The van der Waals surface area contributed by atoms with Crippen LogP contribution in [0.15, 0.2) is 107 Å². The molecule has 0 aromatic heterocycles. The molecule has 194 valence electrons. The van der Waals surface area contributed by atoms with Gasteiger partial charge in [0.15, 0.2) is 5.78 Å². The standard InChI is InChI=1S/C33H33NO4/c1-3-23-14-16-25(17-15-23)31-30(33(36)38-19-18-37-27-12-8-5-9-13-27)22(2)34-28-20-26(21-29(35)32(28)31)24-10-6-4-7-11-24/h4-17,26,31,34H,3,18-21H2,1-2H3/t26-,31+/m1/s1. The highest BCUT2D eigenvalue weighted by Gasteiger charge is 2.41. The van der Waals surface area contributed by atoms with Gasteiger partial charge >= 0.3 is 5.97 Å². The molecule has 0 fully saturated rings. The van der Waals surface area contributed by atoms with Crippen LogP contribution in [0.2, 0.25) is 0 Å². The summed E-state index contributed by atoms with van der Waals surface area (Å²) < 4.78 is 11.4. The third kappa shape index (κ3) is 5.42. The van der Waals surface area contributed by atoms with Crippen molar-refractivity contribution >= 4 is 11.8 Å². The molecule has 1 aliphatic heterocycles. The molecule has 5 nitrogen and oxygen atoms in total. The summed E-state index contributed by atoms with van der Waals surface area (Å²) in [6.07, 6.45) is 2.06. The van der Waals surface area contributed by atoms with Crippen LogP contribution in [0, 0.1) is 0 Å². The number of para-hydroxylation sites is 1. The van der Waals surface area contributed by atoms with Gasteiger partial charge in [0.05, 0.1) is 5.57 Å². The maximum absolute atomic E-state index is 13.7. The van der Waals surface area contributed by atoms with E-state index in [2.05, 4.69) is 36.5 Å². The minimum Gasteiger partial charge on any atom is -0.490 e. The normalized spacial score (nSPS) is 19.1. The van der Waals surface area contributed by atoms with E-state index < -0.39 is 11.9 Å². The molecule has 3 aromatic carbocycles. The SMILES string of the molecule is CCc1ccc([C@H]2C(C(=O)OCCOc3ccccc3)=C(C)NC3=C2C(=O)C[C@H](c2ccccc2)C3)cc1. The van der Waals surface area contributed by atoms with Gasteiger partial charge in [0.1, 0.15) is 19.0 Å². The van der Waals surface area contributed by atoms with Gasteiger partial charge in [-0.1, -0.05) is 79.7 Å². The summed E-state index contributed by atoms with van der Waals surface area (Å²) in [4.78, 5) is 27.2. The molecule has 0 saturated carbocycles. The Morgan fingerprint density at radius 3 is 2.24 bits per heavy atom. The van der Waals surface area contributed by atoms with Crippen molar-refractivity contribution in [1.82, 2.24) is 5.32 Å². The van der Waals surface area contributed by atoms with Gasteiger partial charge < -0.3 is 14.8 Å². The van der Waals surface area contributed by atoms with Crippen molar-refractivity contribution in [2.24, 2.45) is 0 Å². The molecule has 1 heterocycles. The molecular formula is C33H33NO4. The molecule has 2 aliphatic rings. The van der Waals surface area contributed by atoms with Crippen molar-refractivity contribution in [1.29, 1.82) is 0 Å². The zero-order chi connectivity index (χ0) is 26.5. The van der Waals surface area contributed by atoms with Gasteiger partial charge in [0.2, 0.25) is 0 Å². The highest BCUT2D eigenvalue weighted by molar-refractivity contribution is 6.04. The van der Waals surface area contributed by atoms with E-state index in [0.717, 1.165) is 41.1 Å². The number of ketones is 1. The molecule has 1 aliphatic carbocycles. The molecule has 2 atom stereocenters. The Bertz CT molecular complexity index is 1360. The Hall–Kier alpha value is -4.12. The quantitative estimate of drug-likeness (QED) is 0.289. The van der Waals surface area contributed by atoms with Crippen molar-refractivity contribution in [2.75, 3.05) is 13.2 Å². The predicted molar refractivity (Wildman–Crippen MR) is 148 cm³/mol. The lowest BCUT2D eigenvalue weighted by Gasteiger charge is -2.36. The number of nitrogens with one attached hydrogen (secondary N) is 1. The van der Waals surface area contributed by atoms with Crippen molar-refractivity contribution in [2.45, 2.75) is 44.9 Å². The molecule has 5 heteroatoms. The first kappa shape index (κ1) is 25.5. The fraction of sp³-hybridized carbons (Fsp3) is 0.273. The minimum absolute atomic E-state index is 0.0717. The van der Waals surface area contributed by atoms with Gasteiger partial charge in [-0.2, -0.15) is 0 Å². The third-order valence-electron chi connectivity index (χ3n) is 7.37. The largest absolute Gasteiger partial charge is 0.490 e. The van der Waals surface area contributed by atoms with Gasteiger partial charge in [-0.3, -0.25) is 4.79 Å². The fourth-order valence-electron chi connectivity index (χ4n) is 5.44. The van der Waals surface area contributed by atoms with E-state index in [4.69, 9.17) is 9.47 Å². The van der Waals surface area contributed by atoms with Crippen molar-refractivity contribution in [3.63, 3.8) is 0 Å². The number of aryl methyl sites for hydroxylation is 1. The molecule has 0 saturated heterocycles. The lowest BCUT2D eigenvalue weighted by atomic mass is 9.71. The summed E-state index contributed by atoms with van der Waals surface area (Å²) in [5.74, 6) is 0.00399. The topological polar surface area (TPSA) is 64.6 Å². The van der Waals surface area contributed by atoms with Crippen LogP contribution in [0.3, 0.4) is 0 Å². The molecule has 0 amide bonds. The van der Waals surface area contributed by atoms with E-state index in [1.165, 1.54) is 5.56 Å². The molecular weight excluding hydrogens is 474 g/mol. The van der Waals surface area contributed by atoms with E-state index in [9.17, 15) is 9.59 Å². The summed E-state index contributed by atoms with van der Waals surface area (Å²) in [6, 6.07) is 27.8. The first-order valence-electron chi connectivity index (χ1n) is 13.3. The number of hydrogen-bond donors (Lipinski definition) is 1. The maximum Gasteiger partial charge on any atom is 0.336 e. The van der Waals surface area contributed by atoms with Crippen molar-refractivity contribution in [3.8, 4) is 5.75 Å². The van der Waals surface area contributed by atoms with Crippen LogP contribution in [0.1, 0.15) is 55.2 Å². The predicted octanol–water partition coefficient (Wildman–Crippen LogP) is 6.23. The van der Waals surface area contributed by atoms with Crippen molar-refractivity contribution in [3.05, 3.63) is 124 Å². The second-order valence-electron chi connectivity index (χ2n) is 9.82. The average molecular weight is 508 g/mol. The minimum atomic E-state index is -0.469. The van der Waals surface area contributed by atoms with Crippen LogP contribution in [0.5, 0.6) is 5.75 Å². The zero-order valence-corrected chi connectivity index (χ0v) is 21.9. The second kappa shape index (κ2) is 11.5. The van der Waals surface area contributed by atoms with Crippen LogP contribution in [-0.2, 0) is 20.7 Å². The average Bonchev–Trinajstić information content (AvgIpc) is 2.95. The number of hydrogen-bond acceptors (Lipinski definition) is 5. The number of Topliss-reactive ketones (excluding diaryl/α,β-unsaturated/α-hetero) is 1. The molecule has 38 heavy (non-hydrogen) atoms. The van der Waals surface area contributed by atoms with Gasteiger partial charge in [-0.05, 0) is 54.5 Å². The Balaban J connectivity index is 1.42. The molecule has 0 spiro atoms. The van der Waals surface area contributed by atoms with E-state index >= 15 is 0 Å². The smallest absolute Gasteiger partial charge is 0.336 e. The van der Waals surface area contributed by atoms with E-state index in [-0.39, 0.29) is 24.9 Å². The number of allylic oxidation sites excluding steroid dienone is 3. The highest BCUT2D eigenvalue weighted by atomic mass is 16.6. The Kier molecular flexibility index (Phi) is 7.73. The van der Waals surface area contributed by atoms with Gasteiger partial charge in [0, 0.05) is 29.3 Å². The van der Waals surface area contributed by atoms with Crippen LogP contribution in [-0.4, -0.2) is 25.0 Å². The molecule has 0 unspecified atom stereocenters. The van der Waals surface area contributed by atoms with Crippen LogP contribution in [0.25, 0.3) is 0 Å². The number of esters is 1. The molecule has 5 rings (SSSR count). The second-order valence-corrected chi connectivity index (χ2v) is 9.82. The third-order valence-corrected chi connectivity index (χ3v) is 7.37. The summed E-state index contributed by atoms with van der Waals surface area (Å²) in [7, 11) is 0. The summed E-state index contributed by atoms with van der Waals surface area (Å²) >= 11 is 0. The Labute approximate surface area is 224 Å². The molecule has 3 aromatic rings. The monoisotopic (exact) mass is 507 g/mol. The summed E-state index contributed by atoms with van der Waals surface area (Å²) in [5, 5.41) is 3.42. The van der Waals surface area contributed by atoms with E-state index in [1.807, 2.05) is 67.6 Å². The summed E-state index contributed by atoms with van der Waals surface area (Å²) in [6.45, 7) is 4.36. The van der Waals surface area contributed by atoms with Crippen LogP contribution < -0.4 is 10.1 Å². The fourth-order valence-corrected chi connectivity index (χ4v) is 5.44. The lowest BCUT2D eigenvalue weighted by Crippen LogP contribution is -2.36. The first-order chi connectivity index (χ1) is 18.5. The van der Waals surface area contributed by atoms with E-state index in [1.54, 1.807) is 0 Å². The highest BCUT2D eigenvalue weighted by Crippen LogP contribution is 2.45. The van der Waals surface area contributed by atoms with Gasteiger partial charge in [-0.15, -0.1) is 0 Å². The number of rotatable bonds is 8. The number of ether oxygens (including phenoxy) is 2. The Morgan fingerprint density at radius 2 is 1.55 bits per heavy atom. The van der Waals surface area contributed by atoms with E-state index in [0.29, 0.717) is 17.6 Å². The first-order valence-corrected chi connectivity index (χ1v) is 13.3. The number of carbonyl (C=O) groups is 2.